The highest BCUT2D eigenvalue weighted by molar-refractivity contribution is 5.73. The van der Waals surface area contributed by atoms with E-state index in [9.17, 15) is 20.1 Å². The number of hydrogen-bond donors (Lipinski definition) is 3. The number of benzene rings is 1. The van der Waals surface area contributed by atoms with E-state index in [1.165, 1.54) is 7.11 Å². The van der Waals surface area contributed by atoms with Crippen molar-refractivity contribution in [3.63, 3.8) is 0 Å². The minimum Gasteiger partial charge on any atom is -0.457 e. The van der Waals surface area contributed by atoms with Crippen LogP contribution in [0.2, 0.25) is 0 Å². The van der Waals surface area contributed by atoms with Crippen molar-refractivity contribution in [3.05, 3.63) is 48.0 Å². The van der Waals surface area contributed by atoms with Crippen LogP contribution >= 0.6 is 0 Å². The van der Waals surface area contributed by atoms with Gasteiger partial charge in [-0.25, -0.2) is 0 Å². The lowest BCUT2D eigenvalue weighted by Gasteiger charge is -2.35. The minimum absolute atomic E-state index is 0.182. The van der Waals surface area contributed by atoms with Gasteiger partial charge in [-0.15, -0.1) is 0 Å². The van der Waals surface area contributed by atoms with E-state index in [0.29, 0.717) is 6.42 Å². The maximum absolute atomic E-state index is 13.1. The average molecular weight is 523 g/mol. The second kappa shape index (κ2) is 15.6. The molecule has 2 rings (SSSR count). The van der Waals surface area contributed by atoms with E-state index in [4.69, 9.17) is 18.9 Å². The summed E-state index contributed by atoms with van der Waals surface area (Å²) in [7, 11) is 4.64. The molecule has 37 heavy (non-hydrogen) atoms. The first-order valence-electron chi connectivity index (χ1n) is 13.2. The van der Waals surface area contributed by atoms with Gasteiger partial charge in [-0.2, -0.15) is 0 Å². The van der Waals surface area contributed by atoms with Crippen molar-refractivity contribution in [2.45, 2.75) is 89.2 Å². The molecule has 0 saturated heterocycles. The fourth-order valence-corrected chi connectivity index (χ4v) is 4.94. The molecule has 0 saturated carbocycles. The van der Waals surface area contributed by atoms with Crippen molar-refractivity contribution in [1.82, 2.24) is 0 Å². The van der Waals surface area contributed by atoms with E-state index in [2.05, 4.69) is 0 Å². The lowest BCUT2D eigenvalue weighted by Crippen LogP contribution is -2.50. The van der Waals surface area contributed by atoms with E-state index < -0.39 is 48.3 Å². The third-order valence-electron chi connectivity index (χ3n) is 7.63. The Labute approximate surface area is 221 Å². The predicted molar refractivity (Wildman–Crippen MR) is 141 cm³/mol. The smallest absolute Gasteiger partial charge is 0.312 e. The molecule has 1 aliphatic heterocycles. The van der Waals surface area contributed by atoms with Crippen LogP contribution in [0.15, 0.2) is 42.5 Å². The second-order valence-corrected chi connectivity index (χ2v) is 10.2. The quantitative estimate of drug-likeness (QED) is 0.407. The summed E-state index contributed by atoms with van der Waals surface area (Å²) in [5, 5.41) is 33.0. The zero-order chi connectivity index (χ0) is 27.5. The summed E-state index contributed by atoms with van der Waals surface area (Å²) >= 11 is 0. The molecule has 10 atom stereocenters. The van der Waals surface area contributed by atoms with Gasteiger partial charge in [-0.05, 0) is 31.7 Å². The number of ether oxygens (including phenoxy) is 4. The maximum Gasteiger partial charge on any atom is 0.312 e. The molecule has 0 amide bonds. The van der Waals surface area contributed by atoms with Crippen LogP contribution < -0.4 is 0 Å². The number of aliphatic hydroxyl groups excluding tert-OH is 3. The number of rotatable bonds is 4. The zero-order valence-corrected chi connectivity index (χ0v) is 23.0. The van der Waals surface area contributed by atoms with Crippen molar-refractivity contribution >= 4 is 5.97 Å². The van der Waals surface area contributed by atoms with Crippen molar-refractivity contribution in [2.24, 2.45) is 17.8 Å². The van der Waals surface area contributed by atoms with Gasteiger partial charge < -0.3 is 34.3 Å². The summed E-state index contributed by atoms with van der Waals surface area (Å²) in [6.07, 6.45) is 1.17. The molecule has 0 aliphatic carbocycles. The van der Waals surface area contributed by atoms with Crippen LogP contribution in [0.4, 0.5) is 0 Å². The van der Waals surface area contributed by atoms with Gasteiger partial charge in [-0.3, -0.25) is 4.79 Å². The minimum atomic E-state index is -1.33. The summed E-state index contributed by atoms with van der Waals surface area (Å²) in [6.45, 7) is 5.10. The zero-order valence-electron chi connectivity index (χ0n) is 23.0. The van der Waals surface area contributed by atoms with E-state index in [1.54, 1.807) is 28.1 Å². The SMILES string of the molecule is COC1CCCC[C@@H](c2ccccc2)OC(=O)[C@@H](C)[C@@H](O)[C@H](OC)[C@@H](O)[C@H](C)[C@@H](O)[C@@H](C)C=C[C@H]1OC. The molecular weight excluding hydrogens is 476 g/mol. The van der Waals surface area contributed by atoms with Gasteiger partial charge in [0.1, 0.15) is 18.3 Å². The Bertz CT molecular complexity index is 815. The Kier molecular flexibility index (Phi) is 13.2. The number of carbonyl (C=O) groups excluding carboxylic acids is 1. The monoisotopic (exact) mass is 522 g/mol. The number of cyclic esters (lactones) is 1. The standard InChI is InChI=1S/C29H46O8/c1-18-16-17-24(35-5)23(34-4)15-11-10-14-22(21-12-8-7-9-13-21)37-29(33)20(3)27(32)28(36-6)26(31)19(2)25(18)30/h7-9,12-13,16-20,22-28,30-32H,10-11,14-15H2,1-6H3/t18-,19+,20-,22-,23?,24+,25-,26-,27+,28+/m0/s1. The molecule has 1 aromatic rings. The first-order valence-corrected chi connectivity index (χ1v) is 13.2. The molecule has 1 aromatic carbocycles. The van der Waals surface area contributed by atoms with Crippen molar-refractivity contribution in [1.29, 1.82) is 0 Å². The number of carbonyl (C=O) groups is 1. The van der Waals surface area contributed by atoms with E-state index in [0.717, 1.165) is 24.8 Å². The molecule has 1 aliphatic rings. The van der Waals surface area contributed by atoms with E-state index >= 15 is 0 Å². The molecule has 8 heteroatoms. The van der Waals surface area contributed by atoms with Crippen LogP contribution in [0.1, 0.15) is 58.1 Å². The molecule has 1 unspecified atom stereocenters. The largest absolute Gasteiger partial charge is 0.457 e. The summed E-state index contributed by atoms with van der Waals surface area (Å²) in [6, 6.07) is 9.53. The molecular formula is C29H46O8. The molecule has 0 fully saturated rings. The van der Waals surface area contributed by atoms with Crippen molar-refractivity contribution in [2.75, 3.05) is 21.3 Å². The molecule has 1 heterocycles. The highest BCUT2D eigenvalue weighted by Crippen LogP contribution is 2.29. The lowest BCUT2D eigenvalue weighted by atomic mass is 9.83. The van der Waals surface area contributed by atoms with Crippen LogP contribution in [0.5, 0.6) is 0 Å². The van der Waals surface area contributed by atoms with Gasteiger partial charge in [-0.1, -0.05) is 62.8 Å². The highest BCUT2D eigenvalue weighted by Gasteiger charge is 2.40. The second-order valence-electron chi connectivity index (χ2n) is 10.2. The molecule has 8 nitrogen and oxygen atoms in total. The Hall–Kier alpha value is -1.81. The number of esters is 1. The highest BCUT2D eigenvalue weighted by atomic mass is 16.5. The Morgan fingerprint density at radius 1 is 0.811 bits per heavy atom. The van der Waals surface area contributed by atoms with Crippen LogP contribution in [-0.4, -0.2) is 79.2 Å². The molecule has 3 N–H and O–H groups in total. The Balaban J connectivity index is 2.38. The first kappa shape index (κ1) is 31.4. The summed E-state index contributed by atoms with van der Waals surface area (Å²) in [5.41, 5.74) is 0.877. The Morgan fingerprint density at radius 2 is 1.46 bits per heavy atom. The summed E-state index contributed by atoms with van der Waals surface area (Å²) in [4.78, 5) is 13.1. The van der Waals surface area contributed by atoms with Crippen molar-refractivity contribution < 1.29 is 39.1 Å². The van der Waals surface area contributed by atoms with Crippen LogP contribution in [0.25, 0.3) is 0 Å². The molecule has 0 radical (unpaired) electrons. The van der Waals surface area contributed by atoms with Crippen LogP contribution in [0, 0.1) is 17.8 Å². The lowest BCUT2D eigenvalue weighted by molar-refractivity contribution is -0.169. The maximum atomic E-state index is 13.1. The third-order valence-corrected chi connectivity index (χ3v) is 7.63. The van der Waals surface area contributed by atoms with Gasteiger partial charge in [0.15, 0.2) is 0 Å². The van der Waals surface area contributed by atoms with E-state index in [1.807, 2.05) is 49.4 Å². The van der Waals surface area contributed by atoms with Crippen molar-refractivity contribution in [3.8, 4) is 0 Å². The fourth-order valence-electron chi connectivity index (χ4n) is 4.94. The van der Waals surface area contributed by atoms with Gasteiger partial charge in [0.25, 0.3) is 0 Å². The van der Waals surface area contributed by atoms with Crippen LogP contribution in [0.3, 0.4) is 0 Å². The normalized spacial score (nSPS) is 37.4. The predicted octanol–water partition coefficient (Wildman–Crippen LogP) is 3.44. The van der Waals surface area contributed by atoms with Gasteiger partial charge >= 0.3 is 5.97 Å². The van der Waals surface area contributed by atoms with E-state index in [-0.39, 0.29) is 18.1 Å². The van der Waals surface area contributed by atoms with Gasteiger partial charge in [0.2, 0.25) is 0 Å². The number of aliphatic hydroxyl groups is 3. The molecule has 0 spiro atoms. The number of hydrogen-bond acceptors (Lipinski definition) is 8. The van der Waals surface area contributed by atoms with Gasteiger partial charge in [0, 0.05) is 33.2 Å². The summed E-state index contributed by atoms with van der Waals surface area (Å²) < 4.78 is 22.7. The molecule has 0 aromatic heterocycles. The fraction of sp³-hybridized carbons (Fsp3) is 0.690. The molecule has 210 valence electrons. The Morgan fingerprint density at radius 3 is 2.05 bits per heavy atom. The first-order chi connectivity index (χ1) is 17.7. The third kappa shape index (κ3) is 8.60. The number of methoxy groups -OCH3 is 3. The average Bonchev–Trinajstić information content (AvgIpc) is 2.92. The van der Waals surface area contributed by atoms with Gasteiger partial charge in [0.05, 0.1) is 30.3 Å². The molecule has 0 bridgehead atoms. The summed E-state index contributed by atoms with van der Waals surface area (Å²) in [5.74, 6) is -2.50. The van der Waals surface area contributed by atoms with Crippen LogP contribution in [-0.2, 0) is 23.7 Å². The topological polar surface area (TPSA) is 115 Å².